The lowest BCUT2D eigenvalue weighted by Crippen LogP contribution is -2.37. The summed E-state index contributed by atoms with van der Waals surface area (Å²) in [4.78, 5) is 25.1. The highest BCUT2D eigenvalue weighted by Crippen LogP contribution is 2.07. The van der Waals surface area contributed by atoms with Crippen LogP contribution in [0, 0.1) is 0 Å². The molecule has 1 aromatic rings. The van der Waals surface area contributed by atoms with Gasteiger partial charge in [-0.1, -0.05) is 43.7 Å². The van der Waals surface area contributed by atoms with Crippen LogP contribution in [0.2, 0.25) is 0 Å². The molecule has 0 bridgehead atoms. The molecular weight excluding hydrogens is 242 g/mol. The fourth-order valence-corrected chi connectivity index (χ4v) is 1.73. The first-order valence-corrected chi connectivity index (χ1v) is 6.69. The molecule has 0 fully saturated rings. The Morgan fingerprint density at radius 2 is 1.84 bits per heavy atom. The molecule has 1 rings (SSSR count). The van der Waals surface area contributed by atoms with Crippen molar-refractivity contribution in [3.8, 4) is 0 Å². The summed E-state index contributed by atoms with van der Waals surface area (Å²) in [7, 11) is 0. The van der Waals surface area contributed by atoms with Crippen molar-refractivity contribution in [1.82, 2.24) is 4.90 Å². The molecular formula is C15H21NO3. The second kappa shape index (κ2) is 8.29. The number of hydrogen-bond donors (Lipinski definition) is 0. The predicted octanol–water partition coefficient (Wildman–Crippen LogP) is 2.38. The summed E-state index contributed by atoms with van der Waals surface area (Å²) in [6.07, 6.45) is 1.85. The number of unbranched alkanes of at least 4 members (excludes halogenated alkanes) is 1. The minimum atomic E-state index is -0.769. The summed E-state index contributed by atoms with van der Waals surface area (Å²) in [5, 5.41) is 0. The largest absolute Gasteiger partial charge is 0.459 e. The van der Waals surface area contributed by atoms with Crippen molar-refractivity contribution >= 4 is 11.9 Å². The van der Waals surface area contributed by atoms with E-state index in [1.54, 1.807) is 11.8 Å². The van der Waals surface area contributed by atoms with Gasteiger partial charge in [-0.3, -0.25) is 4.79 Å². The predicted molar refractivity (Wildman–Crippen MR) is 73.4 cm³/mol. The van der Waals surface area contributed by atoms with E-state index in [1.807, 2.05) is 30.3 Å². The molecule has 0 spiro atoms. The number of nitrogens with zero attached hydrogens (tertiary/aromatic N) is 1. The van der Waals surface area contributed by atoms with E-state index in [4.69, 9.17) is 4.74 Å². The highest BCUT2D eigenvalue weighted by atomic mass is 16.5. The molecule has 0 atom stereocenters. The molecule has 0 heterocycles. The summed E-state index contributed by atoms with van der Waals surface area (Å²) >= 11 is 0. The van der Waals surface area contributed by atoms with Crippen LogP contribution in [0.5, 0.6) is 0 Å². The van der Waals surface area contributed by atoms with Crippen LogP contribution in [0.15, 0.2) is 30.3 Å². The van der Waals surface area contributed by atoms with Gasteiger partial charge >= 0.3 is 11.9 Å². The van der Waals surface area contributed by atoms with E-state index in [9.17, 15) is 9.59 Å². The van der Waals surface area contributed by atoms with Gasteiger partial charge in [0.15, 0.2) is 0 Å². The van der Waals surface area contributed by atoms with E-state index in [0.717, 1.165) is 18.4 Å². The zero-order valence-corrected chi connectivity index (χ0v) is 11.6. The monoisotopic (exact) mass is 263 g/mol. The average Bonchev–Trinajstić information content (AvgIpc) is 2.44. The van der Waals surface area contributed by atoms with Crippen LogP contribution in [0.1, 0.15) is 32.3 Å². The number of amides is 1. The molecule has 4 nitrogen and oxygen atoms in total. The number of esters is 1. The van der Waals surface area contributed by atoms with Gasteiger partial charge in [-0.25, -0.2) is 4.79 Å². The van der Waals surface area contributed by atoms with Gasteiger partial charge in [0, 0.05) is 13.1 Å². The normalized spacial score (nSPS) is 10.0. The summed E-state index contributed by atoms with van der Waals surface area (Å²) in [6, 6.07) is 9.64. The van der Waals surface area contributed by atoms with Crippen molar-refractivity contribution in [3.05, 3.63) is 35.9 Å². The van der Waals surface area contributed by atoms with E-state index >= 15 is 0 Å². The van der Waals surface area contributed by atoms with Gasteiger partial charge in [0.05, 0.1) is 6.61 Å². The van der Waals surface area contributed by atoms with Crippen molar-refractivity contribution in [2.45, 2.75) is 33.2 Å². The lowest BCUT2D eigenvalue weighted by atomic mass is 10.2. The number of benzene rings is 1. The second-order valence-electron chi connectivity index (χ2n) is 4.29. The van der Waals surface area contributed by atoms with Crippen LogP contribution in [0.3, 0.4) is 0 Å². The maximum Gasteiger partial charge on any atom is 0.397 e. The second-order valence-corrected chi connectivity index (χ2v) is 4.29. The number of rotatable bonds is 6. The van der Waals surface area contributed by atoms with Gasteiger partial charge in [-0.15, -0.1) is 0 Å². The molecule has 19 heavy (non-hydrogen) atoms. The van der Waals surface area contributed by atoms with Gasteiger partial charge in [-0.05, 0) is 18.9 Å². The zero-order valence-electron chi connectivity index (χ0n) is 11.6. The maximum atomic E-state index is 12.0. The Hall–Kier alpha value is -1.84. The Morgan fingerprint density at radius 3 is 2.42 bits per heavy atom. The molecule has 1 aromatic carbocycles. The molecule has 0 aromatic heterocycles. The Balaban J connectivity index is 2.71. The van der Waals surface area contributed by atoms with Crippen LogP contribution in [0.25, 0.3) is 0 Å². The van der Waals surface area contributed by atoms with Crippen LogP contribution in [-0.2, 0) is 20.9 Å². The van der Waals surface area contributed by atoms with Crippen LogP contribution < -0.4 is 0 Å². The summed E-state index contributed by atoms with van der Waals surface area (Å²) in [5.41, 5.74) is 1.01. The van der Waals surface area contributed by atoms with Crippen molar-refractivity contribution in [1.29, 1.82) is 0 Å². The van der Waals surface area contributed by atoms with Gasteiger partial charge in [0.25, 0.3) is 0 Å². The molecule has 0 aliphatic rings. The van der Waals surface area contributed by atoms with Gasteiger partial charge in [-0.2, -0.15) is 0 Å². The van der Waals surface area contributed by atoms with Crippen LogP contribution in [-0.4, -0.2) is 29.9 Å². The molecule has 0 unspecified atom stereocenters. The first-order chi connectivity index (χ1) is 9.19. The fourth-order valence-electron chi connectivity index (χ4n) is 1.73. The molecule has 0 aliphatic carbocycles. The third kappa shape index (κ3) is 5.12. The van der Waals surface area contributed by atoms with Gasteiger partial charge in [0.2, 0.25) is 0 Å². The number of ether oxygens (including phenoxy) is 1. The Bertz CT molecular complexity index is 403. The van der Waals surface area contributed by atoms with E-state index in [0.29, 0.717) is 13.1 Å². The third-order valence-electron chi connectivity index (χ3n) is 2.74. The van der Waals surface area contributed by atoms with Crippen LogP contribution in [0.4, 0.5) is 0 Å². The third-order valence-corrected chi connectivity index (χ3v) is 2.74. The van der Waals surface area contributed by atoms with Gasteiger partial charge in [0.1, 0.15) is 0 Å². The Morgan fingerprint density at radius 1 is 1.16 bits per heavy atom. The molecule has 104 valence electrons. The van der Waals surface area contributed by atoms with E-state index in [1.165, 1.54) is 0 Å². The minimum Gasteiger partial charge on any atom is -0.459 e. The van der Waals surface area contributed by atoms with Gasteiger partial charge < -0.3 is 9.64 Å². The summed E-state index contributed by atoms with van der Waals surface area (Å²) in [6.45, 7) is 4.98. The lowest BCUT2D eigenvalue weighted by molar-refractivity contribution is -0.160. The first kappa shape index (κ1) is 15.2. The Kier molecular flexibility index (Phi) is 6.64. The van der Waals surface area contributed by atoms with E-state index < -0.39 is 11.9 Å². The molecule has 0 saturated heterocycles. The van der Waals surface area contributed by atoms with Crippen LogP contribution >= 0.6 is 0 Å². The van der Waals surface area contributed by atoms with Crippen molar-refractivity contribution < 1.29 is 14.3 Å². The molecule has 0 radical (unpaired) electrons. The Labute approximate surface area is 114 Å². The quantitative estimate of drug-likeness (QED) is 0.585. The summed E-state index contributed by atoms with van der Waals surface area (Å²) in [5.74, 6) is -1.33. The average molecular weight is 263 g/mol. The smallest absolute Gasteiger partial charge is 0.397 e. The SMILES string of the molecule is CCCCN(Cc1ccccc1)C(=O)C(=O)OCC. The molecule has 0 saturated carbocycles. The van der Waals surface area contributed by atoms with Crippen molar-refractivity contribution in [2.24, 2.45) is 0 Å². The van der Waals surface area contributed by atoms with E-state index in [-0.39, 0.29) is 6.61 Å². The number of hydrogen-bond acceptors (Lipinski definition) is 3. The number of carbonyl (C=O) groups is 2. The highest BCUT2D eigenvalue weighted by Gasteiger charge is 2.22. The van der Waals surface area contributed by atoms with Crippen molar-refractivity contribution in [3.63, 3.8) is 0 Å². The molecule has 0 aliphatic heterocycles. The fraction of sp³-hybridized carbons (Fsp3) is 0.467. The molecule has 1 amide bonds. The highest BCUT2D eigenvalue weighted by molar-refractivity contribution is 6.32. The number of carbonyl (C=O) groups excluding carboxylic acids is 2. The topological polar surface area (TPSA) is 46.6 Å². The standard InChI is InChI=1S/C15H21NO3/c1-3-5-11-16(14(17)15(18)19-4-2)12-13-9-7-6-8-10-13/h6-10H,3-5,11-12H2,1-2H3. The van der Waals surface area contributed by atoms with Crippen molar-refractivity contribution in [2.75, 3.05) is 13.2 Å². The molecule has 0 N–H and O–H groups in total. The maximum absolute atomic E-state index is 12.0. The minimum absolute atomic E-state index is 0.220. The van der Waals surface area contributed by atoms with E-state index in [2.05, 4.69) is 6.92 Å². The summed E-state index contributed by atoms with van der Waals surface area (Å²) < 4.78 is 4.77. The molecule has 4 heteroatoms. The lowest BCUT2D eigenvalue weighted by Gasteiger charge is -2.21. The zero-order chi connectivity index (χ0) is 14.1. The first-order valence-electron chi connectivity index (χ1n) is 6.69.